The molecule has 0 bridgehead atoms. The molecule has 21 rings (SSSR count). The van der Waals surface area contributed by atoms with E-state index in [0.717, 1.165) is 165 Å². The molecule has 1 aliphatic rings. The van der Waals surface area contributed by atoms with Crippen molar-refractivity contribution in [1.82, 2.24) is 74.8 Å². The maximum atomic E-state index is 13.6. The molecule has 0 spiro atoms. The molecule has 0 radical (unpaired) electrons. The first-order valence-corrected chi connectivity index (χ1v) is 41.9. The van der Waals surface area contributed by atoms with Gasteiger partial charge in [-0.2, -0.15) is 19.9 Å². The van der Waals surface area contributed by atoms with E-state index in [-0.39, 0.29) is 34.6 Å². The second kappa shape index (κ2) is 38.1. The number of anilines is 10. The van der Waals surface area contributed by atoms with Crippen LogP contribution in [0.2, 0.25) is 10.0 Å². The molecule has 26 nitrogen and oxygen atoms in total. The SMILES string of the molecule is Cc1cc(-c2ncccc2-c2ccc3c(N)nc(N)nc3c2)ccc1F.Cc1cccc(-c2ncccc2-c2ccc3c(N)nc(N)nc3c2)c1.Nc1nc(N)c2ccc(-c3cccnc3-c3ccc(F)c(Cl)c3)cc2n1.Nc1nc(N)c2ccc(-c3cccnc3-c3cccc(Cl)c3)cc2n1.Nc1ncnc2ccc(-c3cccnc3-c3cccc(N4CCOCC4)c3)cc12. The van der Waals surface area contributed by atoms with E-state index in [9.17, 15) is 8.78 Å². The van der Waals surface area contributed by atoms with Gasteiger partial charge in [0.15, 0.2) is 0 Å². The summed E-state index contributed by atoms with van der Waals surface area (Å²) in [5.41, 5.74) is 77.6. The van der Waals surface area contributed by atoms with Crippen molar-refractivity contribution >= 4 is 136 Å². The van der Waals surface area contributed by atoms with E-state index < -0.39 is 5.82 Å². The molecule has 0 saturated carbocycles. The molecule has 18 N–H and O–H groups in total. The van der Waals surface area contributed by atoms with E-state index in [1.807, 2.05) is 170 Å². The van der Waals surface area contributed by atoms with Crippen LogP contribution >= 0.6 is 23.2 Å². The highest BCUT2D eigenvalue weighted by Gasteiger charge is 2.21. The van der Waals surface area contributed by atoms with Gasteiger partial charge in [-0.05, 0) is 205 Å². The maximum Gasteiger partial charge on any atom is 0.222 e. The third-order valence-electron chi connectivity index (χ3n) is 21.7. The Morgan fingerprint density at radius 1 is 0.290 bits per heavy atom. The summed E-state index contributed by atoms with van der Waals surface area (Å²) >= 11 is 12.1. The molecular formula is C101H81Cl2F2N25O. The minimum absolute atomic E-state index is 0.0471. The van der Waals surface area contributed by atoms with E-state index in [2.05, 4.69) is 142 Å². The van der Waals surface area contributed by atoms with Crippen molar-refractivity contribution in [3.8, 4) is 112 Å². The molecule has 30 heteroatoms. The molecule has 0 unspecified atom stereocenters. The zero-order valence-corrected chi connectivity index (χ0v) is 71.9. The standard InChI is InChI=1S/C23H21N5O.C20H16FN5.C20H17N5.C19H13ClFN5.C19H14ClN5/c24-23-20-14-16(6-7-21(20)26-15-27-23)19-5-2-8-25-22(19)17-3-1-4-18(13-17)28-9-11-29-12-10-28;1-11-9-13(5-7-16(11)21)18-14(3-2-8-24-18)12-4-6-15-17(10-12)25-20(23)26-19(15)22;1-12-4-2-5-14(10-12)18-15(6-3-9-23-18)13-7-8-16-17(11-13)24-20(22)25-19(16)21;20-14-8-11(4-6-15(14)21)17-12(2-1-7-24-17)10-3-5-13-16(9-10)25-19(23)26-18(13)22;20-13-4-1-3-12(9-13)17-14(5-2-8-23-17)11-6-7-15-16(10-11)24-19(22)25-18(15)21/h1-8,13-15H,9-12H2,(H2,24,26,27);2-10H,1H3,(H4,22,23,25,26);2-11H,1H3,(H4,21,22,24,25);1-9H,(H4,22,23,25,26);1-10H,(H4,21,22,24,25). The molecule has 0 aliphatic carbocycles. The number of nitrogens with zero attached hydrogens (tertiary/aromatic N) is 16. The predicted octanol–water partition coefficient (Wildman–Crippen LogP) is 20.1. The first-order valence-electron chi connectivity index (χ1n) is 41.1. The third kappa shape index (κ3) is 19.3. The molecule has 131 heavy (non-hydrogen) atoms. The van der Waals surface area contributed by atoms with E-state index in [1.165, 1.54) is 29.7 Å². The summed E-state index contributed by atoms with van der Waals surface area (Å²) in [7, 11) is 0. The number of ether oxygens (including phenoxy) is 1. The van der Waals surface area contributed by atoms with Crippen LogP contribution in [0.1, 0.15) is 11.1 Å². The van der Waals surface area contributed by atoms with Gasteiger partial charge in [-0.3, -0.25) is 24.9 Å². The monoisotopic (exact) mass is 1770 g/mol. The third-order valence-corrected chi connectivity index (χ3v) is 22.3. The Hall–Kier alpha value is -17.0. The molecular weight excluding hydrogens is 1690 g/mol. The van der Waals surface area contributed by atoms with Gasteiger partial charge in [0.25, 0.3) is 0 Å². The van der Waals surface area contributed by atoms with E-state index in [1.54, 1.807) is 56.0 Å². The Morgan fingerprint density at radius 3 is 1.05 bits per heavy atom. The zero-order valence-electron chi connectivity index (χ0n) is 70.4. The van der Waals surface area contributed by atoms with Crippen LogP contribution in [0.25, 0.3) is 166 Å². The van der Waals surface area contributed by atoms with Crippen LogP contribution in [0, 0.1) is 25.5 Å². The summed E-state index contributed by atoms with van der Waals surface area (Å²) < 4.78 is 32.6. The van der Waals surface area contributed by atoms with Crippen LogP contribution in [0.3, 0.4) is 0 Å². The number of halogens is 4. The van der Waals surface area contributed by atoms with Gasteiger partial charge in [0.1, 0.15) is 47.1 Å². The molecule has 20 aromatic rings. The van der Waals surface area contributed by atoms with Crippen LogP contribution in [0.5, 0.6) is 0 Å². The number of aryl methyl sites for hydroxylation is 2. The molecule has 644 valence electrons. The Bertz CT molecular complexity index is 7390. The fraction of sp³-hybridized carbons (Fsp3) is 0.0594. The van der Waals surface area contributed by atoms with Gasteiger partial charge in [0.2, 0.25) is 23.8 Å². The quantitative estimate of drug-likeness (QED) is 0.0581. The van der Waals surface area contributed by atoms with Crippen LogP contribution in [-0.2, 0) is 4.74 Å². The molecule has 1 fully saturated rings. The van der Waals surface area contributed by atoms with Crippen molar-refractivity contribution < 1.29 is 13.5 Å². The second-order valence-electron chi connectivity index (χ2n) is 30.4. The van der Waals surface area contributed by atoms with Gasteiger partial charge in [-0.1, -0.05) is 132 Å². The van der Waals surface area contributed by atoms with Gasteiger partial charge >= 0.3 is 0 Å². The Balaban J connectivity index is 0.000000115. The molecule has 11 heterocycles. The zero-order chi connectivity index (χ0) is 90.9. The van der Waals surface area contributed by atoms with E-state index >= 15 is 0 Å². The van der Waals surface area contributed by atoms with Crippen LogP contribution < -0.4 is 56.5 Å². The Kier molecular flexibility index (Phi) is 25.1. The van der Waals surface area contributed by atoms with Crippen molar-refractivity contribution in [2.45, 2.75) is 13.8 Å². The van der Waals surface area contributed by atoms with Crippen LogP contribution in [0.4, 0.5) is 67.4 Å². The number of hydrogen-bond acceptors (Lipinski definition) is 26. The summed E-state index contributed by atoms with van der Waals surface area (Å²) in [6.07, 6.45) is 10.3. The molecule has 10 aromatic heterocycles. The largest absolute Gasteiger partial charge is 0.383 e. The van der Waals surface area contributed by atoms with Crippen molar-refractivity contribution in [1.29, 1.82) is 0 Å². The molecule has 0 amide bonds. The number of fused-ring (bicyclic) bond motifs is 5. The molecule has 1 aliphatic heterocycles. The lowest BCUT2D eigenvalue weighted by atomic mass is 9.97. The van der Waals surface area contributed by atoms with Crippen molar-refractivity contribution in [3.63, 3.8) is 0 Å². The van der Waals surface area contributed by atoms with Crippen molar-refractivity contribution in [3.05, 3.63) is 331 Å². The fourth-order valence-corrected chi connectivity index (χ4v) is 15.9. The van der Waals surface area contributed by atoms with Gasteiger partial charge in [0, 0.05) is 137 Å². The Labute approximate surface area is 759 Å². The summed E-state index contributed by atoms with van der Waals surface area (Å²) in [6, 6.07) is 82.6. The first kappa shape index (κ1) is 86.2. The first-order chi connectivity index (χ1) is 63.6. The van der Waals surface area contributed by atoms with Crippen molar-refractivity contribution in [2.24, 2.45) is 0 Å². The fourth-order valence-electron chi connectivity index (χ4n) is 15.5. The van der Waals surface area contributed by atoms with Gasteiger partial charge in [-0.15, -0.1) is 0 Å². The van der Waals surface area contributed by atoms with Gasteiger partial charge in [-0.25, -0.2) is 38.7 Å². The average molecular weight is 1770 g/mol. The topological polar surface area (TPSA) is 440 Å². The molecule has 10 aromatic carbocycles. The van der Waals surface area contributed by atoms with Crippen LogP contribution in [-0.4, -0.2) is 101 Å². The predicted molar refractivity (Wildman–Crippen MR) is 523 cm³/mol. The minimum Gasteiger partial charge on any atom is -0.383 e. The molecule has 0 atom stereocenters. The smallest absolute Gasteiger partial charge is 0.222 e. The number of morpholine rings is 1. The lowest BCUT2D eigenvalue weighted by molar-refractivity contribution is 0.122. The van der Waals surface area contributed by atoms with Gasteiger partial charge in [0.05, 0.1) is 74.3 Å². The maximum absolute atomic E-state index is 13.6. The summed E-state index contributed by atoms with van der Waals surface area (Å²) in [4.78, 5) is 66.6. The van der Waals surface area contributed by atoms with Crippen molar-refractivity contribution in [2.75, 3.05) is 82.8 Å². The number of nitrogens with two attached hydrogens (primary N) is 9. The number of hydrogen-bond donors (Lipinski definition) is 9. The normalized spacial score (nSPS) is 11.7. The summed E-state index contributed by atoms with van der Waals surface area (Å²) in [5.74, 6) is 1.79. The lowest BCUT2D eigenvalue weighted by Gasteiger charge is -2.29. The Morgan fingerprint density at radius 2 is 0.649 bits per heavy atom. The number of nitrogen functional groups attached to an aromatic ring is 9. The minimum atomic E-state index is -0.471. The average Bonchev–Trinajstić information content (AvgIpc) is 0.798. The van der Waals surface area contributed by atoms with E-state index in [0.29, 0.717) is 67.5 Å². The molecule has 1 saturated heterocycles. The number of benzene rings is 10. The summed E-state index contributed by atoms with van der Waals surface area (Å²) in [5, 5.41) is 4.59. The number of pyridine rings is 5. The lowest BCUT2D eigenvalue weighted by Crippen LogP contribution is -2.36. The van der Waals surface area contributed by atoms with E-state index in [4.69, 9.17) is 84.5 Å². The summed E-state index contributed by atoms with van der Waals surface area (Å²) in [6.45, 7) is 7.15. The highest BCUT2D eigenvalue weighted by molar-refractivity contribution is 6.31. The highest BCUT2D eigenvalue weighted by Crippen LogP contribution is 2.41. The number of aromatic nitrogens is 15. The van der Waals surface area contributed by atoms with Gasteiger partial charge < -0.3 is 61.2 Å². The second-order valence-corrected chi connectivity index (χ2v) is 31.3. The van der Waals surface area contributed by atoms with Crippen LogP contribution in [0.15, 0.2) is 298 Å². The number of rotatable bonds is 11. The highest BCUT2D eigenvalue weighted by atomic mass is 35.5.